The lowest BCUT2D eigenvalue weighted by molar-refractivity contribution is -0.125. The highest BCUT2D eigenvalue weighted by Crippen LogP contribution is 2.49. The van der Waals surface area contributed by atoms with E-state index in [2.05, 4.69) is 28.9 Å². The van der Waals surface area contributed by atoms with Gasteiger partial charge in [0.1, 0.15) is 12.4 Å². The number of hydrogen-bond donors (Lipinski definition) is 1. The SMILES string of the molecule is C=CC(=O)N1CC[C@@H](N2CC(c3cc4c(c(C5CC5)n3)OCc3c(C5CCOCC5)ccnc3N4)C2)C1. The first-order valence-electron chi connectivity index (χ1n) is 13.8. The van der Waals surface area contributed by atoms with Crippen molar-refractivity contribution in [3.63, 3.8) is 0 Å². The van der Waals surface area contributed by atoms with Gasteiger partial charge in [0.05, 0.1) is 11.4 Å². The van der Waals surface area contributed by atoms with Crippen LogP contribution in [0, 0.1) is 0 Å². The predicted octanol–water partition coefficient (Wildman–Crippen LogP) is 4.07. The lowest BCUT2D eigenvalue weighted by Gasteiger charge is -2.43. The summed E-state index contributed by atoms with van der Waals surface area (Å²) in [4.78, 5) is 26.3. The van der Waals surface area contributed by atoms with E-state index < -0.39 is 0 Å². The summed E-state index contributed by atoms with van der Waals surface area (Å²) in [5.41, 5.74) is 5.77. The third-order valence-electron chi connectivity index (χ3n) is 8.84. The van der Waals surface area contributed by atoms with E-state index >= 15 is 0 Å². The summed E-state index contributed by atoms with van der Waals surface area (Å²) in [6, 6.07) is 4.80. The number of aromatic nitrogens is 2. The quantitative estimate of drug-likeness (QED) is 0.619. The Labute approximate surface area is 218 Å². The molecule has 0 unspecified atom stereocenters. The normalized spacial score (nSPS) is 24.3. The first-order valence-corrected chi connectivity index (χ1v) is 13.8. The van der Waals surface area contributed by atoms with Gasteiger partial charge < -0.3 is 19.7 Å². The summed E-state index contributed by atoms with van der Waals surface area (Å²) in [5.74, 6) is 3.24. The molecule has 4 fully saturated rings. The molecule has 3 saturated heterocycles. The van der Waals surface area contributed by atoms with Crippen LogP contribution in [0.2, 0.25) is 0 Å². The summed E-state index contributed by atoms with van der Waals surface area (Å²) in [6.45, 7) is 9.39. The molecular formula is C29H35N5O3. The number of nitrogens with one attached hydrogen (secondary N) is 1. The van der Waals surface area contributed by atoms with E-state index in [1.165, 1.54) is 30.0 Å². The van der Waals surface area contributed by atoms with Crippen LogP contribution >= 0.6 is 0 Å². The smallest absolute Gasteiger partial charge is 0.246 e. The first-order chi connectivity index (χ1) is 18.2. The van der Waals surface area contributed by atoms with Gasteiger partial charge >= 0.3 is 0 Å². The minimum atomic E-state index is 0.0426. The van der Waals surface area contributed by atoms with Crippen molar-refractivity contribution in [3.8, 4) is 5.75 Å². The van der Waals surface area contributed by atoms with Gasteiger partial charge in [-0.15, -0.1) is 0 Å². The number of rotatable bonds is 5. The molecule has 1 saturated carbocycles. The molecule has 8 nitrogen and oxygen atoms in total. The van der Waals surface area contributed by atoms with Gasteiger partial charge in [0.25, 0.3) is 0 Å². The molecule has 2 aromatic heterocycles. The molecule has 1 amide bonds. The Morgan fingerprint density at radius 2 is 1.92 bits per heavy atom. The molecule has 6 heterocycles. The summed E-state index contributed by atoms with van der Waals surface area (Å²) < 4.78 is 12.1. The van der Waals surface area contributed by atoms with Gasteiger partial charge in [0.15, 0.2) is 5.75 Å². The van der Waals surface area contributed by atoms with Crippen LogP contribution in [-0.2, 0) is 16.1 Å². The molecule has 4 aliphatic heterocycles. The highest BCUT2D eigenvalue weighted by molar-refractivity contribution is 5.87. The maximum absolute atomic E-state index is 12.0. The zero-order chi connectivity index (χ0) is 24.9. The Morgan fingerprint density at radius 1 is 1.08 bits per heavy atom. The van der Waals surface area contributed by atoms with Crippen LogP contribution < -0.4 is 10.1 Å². The molecule has 1 atom stereocenters. The van der Waals surface area contributed by atoms with E-state index in [1.54, 1.807) is 0 Å². The summed E-state index contributed by atoms with van der Waals surface area (Å²) >= 11 is 0. The van der Waals surface area contributed by atoms with Gasteiger partial charge in [-0.25, -0.2) is 4.98 Å². The molecule has 1 aliphatic carbocycles. The number of anilines is 2. The van der Waals surface area contributed by atoms with Crippen LogP contribution in [0.1, 0.15) is 72.4 Å². The lowest BCUT2D eigenvalue weighted by Crippen LogP contribution is -2.52. The number of likely N-dealkylation sites (tertiary alicyclic amines) is 2. The zero-order valence-corrected chi connectivity index (χ0v) is 21.3. The van der Waals surface area contributed by atoms with Crippen molar-refractivity contribution in [3.05, 3.63) is 53.5 Å². The number of ether oxygens (including phenoxy) is 2. The second-order valence-corrected chi connectivity index (χ2v) is 11.2. The van der Waals surface area contributed by atoms with Gasteiger partial charge in [-0.1, -0.05) is 6.58 Å². The third-order valence-corrected chi connectivity index (χ3v) is 8.84. The van der Waals surface area contributed by atoms with Crippen LogP contribution in [0.25, 0.3) is 0 Å². The Hall–Kier alpha value is -2.97. The summed E-state index contributed by atoms with van der Waals surface area (Å²) in [5, 5.41) is 3.67. The fraction of sp³-hybridized carbons (Fsp3) is 0.552. The molecule has 0 aromatic carbocycles. The van der Waals surface area contributed by atoms with Crippen molar-refractivity contribution in [1.29, 1.82) is 0 Å². The minimum Gasteiger partial charge on any atom is -0.485 e. The number of amides is 1. The summed E-state index contributed by atoms with van der Waals surface area (Å²) in [7, 11) is 0. The molecule has 0 radical (unpaired) electrons. The molecule has 1 N–H and O–H groups in total. The van der Waals surface area contributed by atoms with Crippen molar-refractivity contribution in [1.82, 2.24) is 19.8 Å². The van der Waals surface area contributed by atoms with Crippen molar-refractivity contribution >= 4 is 17.4 Å². The second kappa shape index (κ2) is 9.40. The van der Waals surface area contributed by atoms with E-state index in [0.29, 0.717) is 30.4 Å². The van der Waals surface area contributed by atoms with Gasteiger partial charge in [-0.2, -0.15) is 0 Å². The highest BCUT2D eigenvalue weighted by atomic mass is 16.5. The average molecular weight is 502 g/mol. The number of fused-ring (bicyclic) bond motifs is 2. The monoisotopic (exact) mass is 501 g/mol. The number of hydrogen-bond acceptors (Lipinski definition) is 7. The van der Waals surface area contributed by atoms with E-state index in [9.17, 15) is 4.79 Å². The Kier molecular flexibility index (Phi) is 5.89. The van der Waals surface area contributed by atoms with Crippen LogP contribution in [-0.4, -0.2) is 71.1 Å². The van der Waals surface area contributed by atoms with Gasteiger partial charge in [-0.3, -0.25) is 14.7 Å². The van der Waals surface area contributed by atoms with E-state index in [1.807, 2.05) is 11.1 Å². The maximum Gasteiger partial charge on any atom is 0.246 e. The predicted molar refractivity (Wildman–Crippen MR) is 140 cm³/mol. The van der Waals surface area contributed by atoms with Gasteiger partial charge in [-0.05, 0) is 61.8 Å². The Morgan fingerprint density at radius 3 is 2.70 bits per heavy atom. The highest BCUT2D eigenvalue weighted by Gasteiger charge is 2.40. The fourth-order valence-corrected chi connectivity index (χ4v) is 6.46. The molecular weight excluding hydrogens is 466 g/mol. The number of carbonyl (C=O) groups excluding carboxylic acids is 1. The molecule has 0 bridgehead atoms. The second-order valence-electron chi connectivity index (χ2n) is 11.2. The number of nitrogens with zero attached hydrogens (tertiary/aromatic N) is 4. The molecule has 5 aliphatic rings. The topological polar surface area (TPSA) is 79.8 Å². The van der Waals surface area contributed by atoms with E-state index in [4.69, 9.17) is 19.4 Å². The van der Waals surface area contributed by atoms with Crippen molar-refractivity contribution in [2.45, 2.75) is 62.5 Å². The molecule has 37 heavy (non-hydrogen) atoms. The molecule has 2 aromatic rings. The average Bonchev–Trinajstić information content (AvgIpc) is 3.67. The van der Waals surface area contributed by atoms with Crippen LogP contribution in [0.5, 0.6) is 5.75 Å². The first kappa shape index (κ1) is 23.2. The van der Waals surface area contributed by atoms with Crippen LogP contribution in [0.3, 0.4) is 0 Å². The molecule has 194 valence electrons. The standard InChI is InChI=1S/C29H35N5O3/c1-2-26(35)33-10-6-21(16-33)34-14-20(15-34)24-13-25-28(27(31-24)19-3-4-19)37-17-23-22(5-9-30-29(23)32-25)18-7-11-36-12-8-18/h2,5,9,13,18-21H,1,3-4,6-8,10-12,14-17H2,(H,30,32)/t21-/m1/s1. The lowest BCUT2D eigenvalue weighted by atomic mass is 9.89. The molecule has 7 rings (SSSR count). The van der Waals surface area contributed by atoms with Crippen LogP contribution in [0.15, 0.2) is 31.0 Å². The van der Waals surface area contributed by atoms with Gasteiger partial charge in [0, 0.05) is 74.7 Å². The van der Waals surface area contributed by atoms with Gasteiger partial charge in [0.2, 0.25) is 5.91 Å². The van der Waals surface area contributed by atoms with Crippen LogP contribution in [0.4, 0.5) is 11.5 Å². The largest absolute Gasteiger partial charge is 0.485 e. The van der Waals surface area contributed by atoms with Crippen molar-refractivity contribution < 1.29 is 14.3 Å². The fourth-order valence-electron chi connectivity index (χ4n) is 6.46. The van der Waals surface area contributed by atoms with E-state index in [-0.39, 0.29) is 5.91 Å². The Bertz CT molecular complexity index is 1220. The number of pyridine rings is 2. The third kappa shape index (κ3) is 4.30. The van der Waals surface area contributed by atoms with Crippen molar-refractivity contribution in [2.24, 2.45) is 0 Å². The summed E-state index contributed by atoms with van der Waals surface area (Å²) in [6.07, 6.45) is 8.83. The van der Waals surface area contributed by atoms with E-state index in [0.717, 1.165) is 87.3 Å². The van der Waals surface area contributed by atoms with Crippen molar-refractivity contribution in [2.75, 3.05) is 44.7 Å². The maximum atomic E-state index is 12.0. The zero-order valence-electron chi connectivity index (χ0n) is 21.3. The number of carbonyl (C=O) groups is 1. The molecule has 0 spiro atoms. The molecule has 8 heteroatoms. The minimum absolute atomic E-state index is 0.0426. The Balaban J connectivity index is 1.12.